The number of aryl methyl sites for hydroxylation is 1. The predicted molar refractivity (Wildman–Crippen MR) is 59.0 cm³/mol. The summed E-state index contributed by atoms with van der Waals surface area (Å²) in [4.78, 5) is 13.7. The lowest BCUT2D eigenvalue weighted by Crippen LogP contribution is -2.17. The van der Waals surface area contributed by atoms with E-state index < -0.39 is 0 Å². The summed E-state index contributed by atoms with van der Waals surface area (Å²) in [7, 11) is 1.88. The molecule has 2 nitrogen and oxygen atoms in total. The van der Waals surface area contributed by atoms with Crippen LogP contribution in [0.4, 0.5) is 0 Å². The van der Waals surface area contributed by atoms with Gasteiger partial charge in [0.2, 0.25) is 0 Å². The summed E-state index contributed by atoms with van der Waals surface area (Å²) in [5, 5.41) is 0. The van der Waals surface area contributed by atoms with E-state index in [-0.39, 0.29) is 5.91 Å². The van der Waals surface area contributed by atoms with E-state index in [2.05, 4.69) is 13.0 Å². The molecular formula is C13H15NO. The molecule has 1 aliphatic carbocycles. The molecule has 2 aliphatic rings. The van der Waals surface area contributed by atoms with Crippen molar-refractivity contribution in [3.05, 3.63) is 34.4 Å². The Hall–Kier alpha value is -1.31. The smallest absolute Gasteiger partial charge is 0.254 e. The van der Waals surface area contributed by atoms with Crippen LogP contribution in [0.3, 0.4) is 0 Å². The second kappa shape index (κ2) is 2.84. The molecular weight excluding hydrogens is 186 g/mol. The SMILES string of the molecule is Cc1cc2c(c(C3CC3)c1)CN(C)C2=O. The zero-order valence-electron chi connectivity index (χ0n) is 9.21. The lowest BCUT2D eigenvalue weighted by atomic mass is 9.97. The van der Waals surface area contributed by atoms with Crippen molar-refractivity contribution in [1.82, 2.24) is 4.90 Å². The second-order valence-corrected chi connectivity index (χ2v) is 4.82. The minimum Gasteiger partial charge on any atom is -0.337 e. The third kappa shape index (κ3) is 1.28. The van der Waals surface area contributed by atoms with Gasteiger partial charge in [0.15, 0.2) is 0 Å². The molecule has 0 aromatic heterocycles. The summed E-state index contributed by atoms with van der Waals surface area (Å²) in [5.41, 5.74) is 4.89. The third-order valence-corrected chi connectivity index (χ3v) is 3.42. The van der Waals surface area contributed by atoms with Gasteiger partial charge in [0, 0.05) is 19.2 Å². The fourth-order valence-electron chi connectivity index (χ4n) is 2.48. The standard InChI is InChI=1S/C13H15NO/c1-8-5-10(9-3-4-9)12-7-14(2)13(15)11(12)6-8/h5-6,9H,3-4,7H2,1-2H3. The summed E-state index contributed by atoms with van der Waals surface area (Å²) in [6, 6.07) is 4.30. The van der Waals surface area contributed by atoms with Crippen molar-refractivity contribution in [1.29, 1.82) is 0 Å². The number of rotatable bonds is 1. The van der Waals surface area contributed by atoms with E-state index in [1.54, 1.807) is 0 Å². The molecule has 0 spiro atoms. The average molecular weight is 201 g/mol. The van der Waals surface area contributed by atoms with Crippen LogP contribution in [0.1, 0.15) is 45.8 Å². The van der Waals surface area contributed by atoms with Gasteiger partial charge in [0.25, 0.3) is 5.91 Å². The Morgan fingerprint density at radius 1 is 1.33 bits per heavy atom. The van der Waals surface area contributed by atoms with Crippen LogP contribution in [0.2, 0.25) is 0 Å². The minimum absolute atomic E-state index is 0.190. The molecule has 15 heavy (non-hydrogen) atoms. The molecule has 1 aliphatic heterocycles. The first-order valence-corrected chi connectivity index (χ1v) is 5.55. The normalized spacial score (nSPS) is 19.6. The zero-order chi connectivity index (χ0) is 10.6. The molecule has 0 radical (unpaired) electrons. The number of amides is 1. The summed E-state index contributed by atoms with van der Waals surface area (Å²) in [6.07, 6.45) is 2.60. The van der Waals surface area contributed by atoms with Crippen LogP contribution in [0.5, 0.6) is 0 Å². The fraction of sp³-hybridized carbons (Fsp3) is 0.462. The second-order valence-electron chi connectivity index (χ2n) is 4.82. The molecule has 0 unspecified atom stereocenters. The number of carbonyl (C=O) groups is 1. The molecule has 0 saturated heterocycles. The van der Waals surface area contributed by atoms with Gasteiger partial charge in [-0.3, -0.25) is 4.79 Å². The lowest BCUT2D eigenvalue weighted by Gasteiger charge is -2.07. The number of nitrogens with zero attached hydrogens (tertiary/aromatic N) is 1. The van der Waals surface area contributed by atoms with Crippen molar-refractivity contribution in [2.45, 2.75) is 32.2 Å². The Morgan fingerprint density at radius 3 is 2.73 bits per heavy atom. The summed E-state index contributed by atoms with van der Waals surface area (Å²) in [6.45, 7) is 2.89. The molecule has 1 amide bonds. The van der Waals surface area contributed by atoms with E-state index in [4.69, 9.17) is 0 Å². The number of carbonyl (C=O) groups excluding carboxylic acids is 1. The van der Waals surface area contributed by atoms with Gasteiger partial charge in [-0.05, 0) is 42.9 Å². The van der Waals surface area contributed by atoms with Gasteiger partial charge < -0.3 is 4.90 Å². The summed E-state index contributed by atoms with van der Waals surface area (Å²) in [5.74, 6) is 0.925. The molecule has 0 bridgehead atoms. The monoisotopic (exact) mass is 201 g/mol. The highest BCUT2D eigenvalue weighted by Gasteiger charge is 2.33. The van der Waals surface area contributed by atoms with Crippen LogP contribution < -0.4 is 0 Å². The number of benzene rings is 1. The van der Waals surface area contributed by atoms with E-state index >= 15 is 0 Å². The quantitative estimate of drug-likeness (QED) is 0.683. The van der Waals surface area contributed by atoms with Crippen LogP contribution in [0.25, 0.3) is 0 Å². The zero-order valence-corrected chi connectivity index (χ0v) is 9.21. The molecule has 1 aromatic rings. The van der Waals surface area contributed by atoms with Crippen molar-refractivity contribution < 1.29 is 4.79 Å². The van der Waals surface area contributed by atoms with Gasteiger partial charge in [-0.2, -0.15) is 0 Å². The van der Waals surface area contributed by atoms with Gasteiger partial charge in [-0.25, -0.2) is 0 Å². The Kier molecular flexibility index (Phi) is 1.70. The molecule has 1 aromatic carbocycles. The van der Waals surface area contributed by atoms with Crippen molar-refractivity contribution >= 4 is 5.91 Å². The first-order chi connectivity index (χ1) is 7.16. The van der Waals surface area contributed by atoms with Gasteiger partial charge in [0.1, 0.15) is 0 Å². The highest BCUT2D eigenvalue weighted by atomic mass is 16.2. The first-order valence-electron chi connectivity index (χ1n) is 5.55. The van der Waals surface area contributed by atoms with Crippen LogP contribution >= 0.6 is 0 Å². The van der Waals surface area contributed by atoms with E-state index in [0.717, 1.165) is 18.0 Å². The highest BCUT2D eigenvalue weighted by molar-refractivity contribution is 5.98. The molecule has 1 fully saturated rings. The summed E-state index contributed by atoms with van der Waals surface area (Å²) < 4.78 is 0. The Labute approximate surface area is 89.9 Å². The largest absolute Gasteiger partial charge is 0.337 e. The van der Waals surface area contributed by atoms with Crippen molar-refractivity contribution in [3.63, 3.8) is 0 Å². The predicted octanol–water partition coefficient (Wildman–Crippen LogP) is 2.46. The van der Waals surface area contributed by atoms with Crippen molar-refractivity contribution in [2.75, 3.05) is 7.05 Å². The molecule has 0 atom stereocenters. The molecule has 0 N–H and O–H groups in total. The number of fused-ring (bicyclic) bond motifs is 1. The molecule has 3 rings (SSSR count). The highest BCUT2D eigenvalue weighted by Crippen LogP contribution is 2.44. The van der Waals surface area contributed by atoms with Gasteiger partial charge >= 0.3 is 0 Å². The van der Waals surface area contributed by atoms with E-state index in [9.17, 15) is 4.79 Å². The van der Waals surface area contributed by atoms with E-state index in [1.165, 1.54) is 29.5 Å². The molecule has 78 valence electrons. The van der Waals surface area contributed by atoms with Crippen LogP contribution in [0, 0.1) is 6.92 Å². The third-order valence-electron chi connectivity index (χ3n) is 3.42. The van der Waals surface area contributed by atoms with E-state index in [1.807, 2.05) is 18.0 Å². The Bertz CT molecular complexity index is 446. The van der Waals surface area contributed by atoms with Crippen LogP contribution in [-0.2, 0) is 6.54 Å². The fourth-order valence-corrected chi connectivity index (χ4v) is 2.48. The Morgan fingerprint density at radius 2 is 2.07 bits per heavy atom. The minimum atomic E-state index is 0.190. The maximum Gasteiger partial charge on any atom is 0.254 e. The average Bonchev–Trinajstić information content (AvgIpc) is 2.98. The van der Waals surface area contributed by atoms with E-state index in [0.29, 0.717) is 0 Å². The molecule has 1 saturated carbocycles. The number of hydrogen-bond acceptors (Lipinski definition) is 1. The number of hydrogen-bond donors (Lipinski definition) is 0. The van der Waals surface area contributed by atoms with Crippen LogP contribution in [-0.4, -0.2) is 17.9 Å². The summed E-state index contributed by atoms with van der Waals surface area (Å²) >= 11 is 0. The van der Waals surface area contributed by atoms with Gasteiger partial charge in [-0.15, -0.1) is 0 Å². The Balaban J connectivity index is 2.18. The maximum atomic E-state index is 11.9. The van der Waals surface area contributed by atoms with Gasteiger partial charge in [0.05, 0.1) is 0 Å². The van der Waals surface area contributed by atoms with Crippen molar-refractivity contribution in [3.8, 4) is 0 Å². The van der Waals surface area contributed by atoms with Crippen molar-refractivity contribution in [2.24, 2.45) is 0 Å². The molecule has 1 heterocycles. The topological polar surface area (TPSA) is 20.3 Å². The van der Waals surface area contributed by atoms with Gasteiger partial charge in [-0.1, -0.05) is 11.6 Å². The lowest BCUT2D eigenvalue weighted by molar-refractivity contribution is 0.0816. The maximum absolute atomic E-state index is 11.9. The first kappa shape index (κ1) is 8.96. The van der Waals surface area contributed by atoms with Crippen LogP contribution in [0.15, 0.2) is 12.1 Å². The molecule has 2 heteroatoms.